The average molecular weight is 219 g/mol. The smallest absolute Gasteiger partial charge is 0.0928 e. The number of hydrogen-bond acceptors (Lipinski definition) is 4. The van der Waals surface area contributed by atoms with Crippen molar-refractivity contribution in [3.05, 3.63) is 0 Å². The fourth-order valence-electron chi connectivity index (χ4n) is 1.35. The highest BCUT2D eigenvalue weighted by Gasteiger charge is 2.15. The summed E-state index contributed by atoms with van der Waals surface area (Å²) in [6, 6.07) is 0.365. The molecule has 2 unspecified atom stereocenters. The van der Waals surface area contributed by atoms with Gasteiger partial charge in [-0.15, -0.1) is 0 Å². The lowest BCUT2D eigenvalue weighted by atomic mass is 10.1. The lowest BCUT2D eigenvalue weighted by Gasteiger charge is -2.24. The van der Waals surface area contributed by atoms with Gasteiger partial charge in [0.1, 0.15) is 0 Å². The molecule has 1 N–H and O–H groups in total. The van der Waals surface area contributed by atoms with Crippen molar-refractivity contribution in [1.82, 2.24) is 5.32 Å². The van der Waals surface area contributed by atoms with Crippen LogP contribution < -0.4 is 5.32 Å². The van der Waals surface area contributed by atoms with Crippen LogP contribution in [0.3, 0.4) is 0 Å². The molecule has 0 fully saturated rings. The third-order valence-electron chi connectivity index (χ3n) is 2.44. The van der Waals surface area contributed by atoms with E-state index in [9.17, 15) is 0 Å². The molecule has 0 aromatic heterocycles. The second-order valence-corrected chi connectivity index (χ2v) is 4.03. The highest BCUT2D eigenvalue weighted by atomic mass is 16.5. The first kappa shape index (κ1) is 14.8. The molecule has 0 radical (unpaired) electrons. The van der Waals surface area contributed by atoms with Crippen LogP contribution in [0.4, 0.5) is 0 Å². The maximum Gasteiger partial charge on any atom is 0.0928 e. The van der Waals surface area contributed by atoms with E-state index in [4.69, 9.17) is 14.2 Å². The number of hydrogen-bond donors (Lipinski definition) is 1. The molecule has 0 heterocycles. The summed E-state index contributed by atoms with van der Waals surface area (Å²) in [4.78, 5) is 0. The van der Waals surface area contributed by atoms with Crippen LogP contribution in [-0.2, 0) is 14.2 Å². The molecule has 2 atom stereocenters. The molecule has 0 aliphatic rings. The van der Waals surface area contributed by atoms with Crippen molar-refractivity contribution in [2.24, 2.45) is 5.92 Å². The summed E-state index contributed by atoms with van der Waals surface area (Å²) in [6.07, 6.45) is 0.105. The van der Waals surface area contributed by atoms with Crippen molar-refractivity contribution in [1.29, 1.82) is 0 Å². The van der Waals surface area contributed by atoms with Crippen molar-refractivity contribution < 1.29 is 14.2 Å². The van der Waals surface area contributed by atoms with Gasteiger partial charge in [-0.25, -0.2) is 0 Å². The van der Waals surface area contributed by atoms with E-state index in [1.165, 1.54) is 0 Å². The van der Waals surface area contributed by atoms with E-state index in [0.29, 0.717) is 18.6 Å². The van der Waals surface area contributed by atoms with Gasteiger partial charge in [-0.1, -0.05) is 13.8 Å². The lowest BCUT2D eigenvalue weighted by molar-refractivity contribution is 0.0237. The summed E-state index contributed by atoms with van der Waals surface area (Å²) in [6.45, 7) is 6.47. The Kier molecular flexibility index (Phi) is 9.00. The normalized spacial score (nSPS) is 15.6. The largest absolute Gasteiger partial charge is 0.383 e. The Morgan fingerprint density at radius 1 is 1.00 bits per heavy atom. The van der Waals surface area contributed by atoms with E-state index in [0.717, 1.165) is 13.2 Å². The van der Waals surface area contributed by atoms with Crippen LogP contribution in [-0.4, -0.2) is 53.2 Å². The molecule has 4 nitrogen and oxygen atoms in total. The number of rotatable bonds is 9. The molecule has 0 saturated heterocycles. The topological polar surface area (TPSA) is 39.7 Å². The molecule has 4 heteroatoms. The van der Waals surface area contributed by atoms with Crippen LogP contribution in [0, 0.1) is 5.92 Å². The maximum absolute atomic E-state index is 5.27. The summed E-state index contributed by atoms with van der Waals surface area (Å²) in [5.74, 6) is 0.546. The van der Waals surface area contributed by atoms with E-state index in [1.54, 1.807) is 21.3 Å². The van der Waals surface area contributed by atoms with Gasteiger partial charge in [0.05, 0.1) is 19.3 Å². The van der Waals surface area contributed by atoms with Gasteiger partial charge in [0.15, 0.2) is 0 Å². The Morgan fingerprint density at radius 3 is 2.00 bits per heavy atom. The fraction of sp³-hybridized carbons (Fsp3) is 1.00. The molecule has 0 aliphatic carbocycles. The second-order valence-electron chi connectivity index (χ2n) is 4.03. The zero-order valence-electron chi connectivity index (χ0n) is 10.6. The molecule has 0 aromatic carbocycles. The SMILES string of the molecule is COCC(CNC(COC)C(C)C)OC. The third-order valence-corrected chi connectivity index (χ3v) is 2.44. The molecular weight excluding hydrogens is 194 g/mol. The van der Waals surface area contributed by atoms with Gasteiger partial charge in [0.25, 0.3) is 0 Å². The van der Waals surface area contributed by atoms with Gasteiger partial charge in [0.2, 0.25) is 0 Å². The predicted octanol–water partition coefficient (Wildman–Crippen LogP) is 0.908. The highest BCUT2D eigenvalue weighted by Crippen LogP contribution is 2.02. The van der Waals surface area contributed by atoms with Crippen LogP contribution in [0.25, 0.3) is 0 Å². The van der Waals surface area contributed by atoms with Gasteiger partial charge in [-0.3, -0.25) is 0 Å². The Hall–Kier alpha value is -0.160. The van der Waals surface area contributed by atoms with E-state index in [2.05, 4.69) is 19.2 Å². The van der Waals surface area contributed by atoms with Crippen LogP contribution in [0.5, 0.6) is 0 Å². The van der Waals surface area contributed by atoms with Crippen molar-refractivity contribution in [2.45, 2.75) is 26.0 Å². The standard InChI is InChI=1S/C11H25NO3/c1-9(2)11(8-14-4)12-6-10(15-5)7-13-3/h9-12H,6-8H2,1-5H3. The average Bonchev–Trinajstić information content (AvgIpc) is 2.21. The molecule has 15 heavy (non-hydrogen) atoms. The van der Waals surface area contributed by atoms with E-state index < -0.39 is 0 Å². The third kappa shape index (κ3) is 6.84. The van der Waals surface area contributed by atoms with Crippen LogP contribution in [0.15, 0.2) is 0 Å². The molecule has 0 aliphatic heterocycles. The van der Waals surface area contributed by atoms with Crippen molar-refractivity contribution in [3.8, 4) is 0 Å². The lowest BCUT2D eigenvalue weighted by Crippen LogP contribution is -2.43. The monoisotopic (exact) mass is 219 g/mol. The zero-order valence-corrected chi connectivity index (χ0v) is 10.6. The zero-order chi connectivity index (χ0) is 11.7. The molecule has 0 spiro atoms. The Balaban J connectivity index is 3.84. The quantitative estimate of drug-likeness (QED) is 0.625. The summed E-state index contributed by atoms with van der Waals surface area (Å²) in [5, 5.41) is 3.43. The Labute approximate surface area is 93.3 Å². The fourth-order valence-corrected chi connectivity index (χ4v) is 1.35. The number of nitrogens with one attached hydrogen (secondary N) is 1. The molecular formula is C11H25NO3. The first-order chi connectivity index (χ1) is 7.15. The minimum Gasteiger partial charge on any atom is -0.383 e. The van der Waals surface area contributed by atoms with Gasteiger partial charge in [-0.05, 0) is 5.92 Å². The molecule has 0 amide bonds. The summed E-state index contributed by atoms with van der Waals surface area (Å²) in [5.41, 5.74) is 0. The summed E-state index contributed by atoms with van der Waals surface area (Å²) < 4.78 is 15.5. The highest BCUT2D eigenvalue weighted by molar-refractivity contribution is 4.72. The minimum atomic E-state index is 0.105. The van der Waals surface area contributed by atoms with Crippen molar-refractivity contribution in [2.75, 3.05) is 41.1 Å². The first-order valence-electron chi connectivity index (χ1n) is 5.39. The second kappa shape index (κ2) is 9.09. The van der Waals surface area contributed by atoms with Crippen LogP contribution in [0.2, 0.25) is 0 Å². The van der Waals surface area contributed by atoms with Crippen molar-refractivity contribution >= 4 is 0 Å². The summed E-state index contributed by atoms with van der Waals surface area (Å²) >= 11 is 0. The van der Waals surface area contributed by atoms with E-state index >= 15 is 0 Å². The molecule has 0 saturated carbocycles. The molecule has 92 valence electrons. The number of ether oxygens (including phenoxy) is 3. The van der Waals surface area contributed by atoms with Gasteiger partial charge >= 0.3 is 0 Å². The van der Waals surface area contributed by atoms with Gasteiger partial charge in [-0.2, -0.15) is 0 Å². The van der Waals surface area contributed by atoms with Gasteiger partial charge < -0.3 is 19.5 Å². The maximum atomic E-state index is 5.27. The van der Waals surface area contributed by atoms with E-state index in [1.807, 2.05) is 0 Å². The van der Waals surface area contributed by atoms with Crippen molar-refractivity contribution in [3.63, 3.8) is 0 Å². The molecule has 0 rings (SSSR count). The first-order valence-corrected chi connectivity index (χ1v) is 5.39. The van der Waals surface area contributed by atoms with Gasteiger partial charge in [0, 0.05) is 33.9 Å². The minimum absolute atomic E-state index is 0.105. The Morgan fingerprint density at radius 2 is 1.60 bits per heavy atom. The predicted molar refractivity (Wildman–Crippen MR) is 61.2 cm³/mol. The Bertz CT molecular complexity index is 142. The number of methoxy groups -OCH3 is 3. The van der Waals surface area contributed by atoms with Crippen LogP contribution in [0.1, 0.15) is 13.8 Å². The molecule has 0 aromatic rings. The van der Waals surface area contributed by atoms with Crippen LogP contribution >= 0.6 is 0 Å². The van der Waals surface area contributed by atoms with E-state index in [-0.39, 0.29) is 6.10 Å². The summed E-state index contributed by atoms with van der Waals surface area (Å²) in [7, 11) is 5.10. The molecule has 0 bridgehead atoms.